The van der Waals surface area contributed by atoms with E-state index in [-0.39, 0.29) is 24.4 Å². The van der Waals surface area contributed by atoms with Crippen molar-refractivity contribution in [3.8, 4) is 0 Å². The van der Waals surface area contributed by atoms with Crippen molar-refractivity contribution in [3.63, 3.8) is 0 Å². The molecule has 0 spiro atoms. The van der Waals surface area contributed by atoms with Crippen LogP contribution in [0.4, 0.5) is 0 Å². The summed E-state index contributed by atoms with van der Waals surface area (Å²) in [7, 11) is 1.63. The van der Waals surface area contributed by atoms with E-state index in [0.29, 0.717) is 38.7 Å². The molecule has 0 aromatic heterocycles. The summed E-state index contributed by atoms with van der Waals surface area (Å²) >= 11 is 0. The maximum atomic E-state index is 11.7. The number of ether oxygens (including phenoxy) is 2. The zero-order chi connectivity index (χ0) is 13.2. The second-order valence-corrected chi connectivity index (χ2v) is 4.81. The number of halogens is 1. The van der Waals surface area contributed by atoms with Crippen molar-refractivity contribution in [1.29, 1.82) is 0 Å². The summed E-state index contributed by atoms with van der Waals surface area (Å²) in [4.78, 5) is 11.7. The highest BCUT2D eigenvalue weighted by Crippen LogP contribution is 2.23. The van der Waals surface area contributed by atoms with Gasteiger partial charge in [-0.3, -0.25) is 4.79 Å². The topological polar surface area (TPSA) is 73.6 Å². The average Bonchev–Trinajstić information content (AvgIpc) is 2.39. The molecule has 114 valence electrons. The summed E-state index contributed by atoms with van der Waals surface area (Å²) in [6.07, 6.45) is 5.02. The Bertz CT molecular complexity index is 242. The first-order chi connectivity index (χ1) is 8.77. The number of methoxy groups -OCH3 is 1. The van der Waals surface area contributed by atoms with Gasteiger partial charge in [0.05, 0.1) is 19.8 Å². The number of nitrogens with one attached hydrogen (secondary N) is 1. The van der Waals surface area contributed by atoms with E-state index in [1.807, 2.05) is 0 Å². The molecule has 6 heteroatoms. The van der Waals surface area contributed by atoms with Crippen molar-refractivity contribution >= 4 is 18.3 Å². The normalized spacial score (nSPS) is 22.6. The highest BCUT2D eigenvalue weighted by Gasteiger charge is 2.24. The fourth-order valence-corrected chi connectivity index (χ4v) is 2.37. The largest absolute Gasteiger partial charge is 0.382 e. The smallest absolute Gasteiger partial charge is 0.222 e. The molecule has 1 saturated carbocycles. The molecule has 1 amide bonds. The minimum atomic E-state index is 0. The summed E-state index contributed by atoms with van der Waals surface area (Å²) in [6.45, 7) is 2.22. The van der Waals surface area contributed by atoms with E-state index < -0.39 is 0 Å². The van der Waals surface area contributed by atoms with E-state index >= 15 is 0 Å². The Morgan fingerprint density at radius 1 is 1.26 bits per heavy atom. The molecule has 19 heavy (non-hydrogen) atoms. The van der Waals surface area contributed by atoms with Crippen LogP contribution in [0.2, 0.25) is 0 Å². The van der Waals surface area contributed by atoms with Gasteiger partial charge in [-0.1, -0.05) is 12.8 Å². The van der Waals surface area contributed by atoms with Gasteiger partial charge in [0.1, 0.15) is 0 Å². The van der Waals surface area contributed by atoms with Crippen LogP contribution in [-0.2, 0) is 14.3 Å². The van der Waals surface area contributed by atoms with Crippen LogP contribution in [0, 0.1) is 5.92 Å². The molecular weight excluding hydrogens is 268 g/mol. The van der Waals surface area contributed by atoms with Gasteiger partial charge in [0.25, 0.3) is 0 Å². The second-order valence-electron chi connectivity index (χ2n) is 4.81. The molecule has 1 aliphatic rings. The van der Waals surface area contributed by atoms with E-state index in [0.717, 1.165) is 12.8 Å². The van der Waals surface area contributed by atoms with Gasteiger partial charge in [-0.05, 0) is 25.3 Å². The molecule has 0 aliphatic heterocycles. The summed E-state index contributed by atoms with van der Waals surface area (Å²) in [6, 6.07) is 0.259. The monoisotopic (exact) mass is 294 g/mol. The molecule has 2 atom stereocenters. The Hall–Kier alpha value is -0.360. The highest BCUT2D eigenvalue weighted by atomic mass is 35.5. The van der Waals surface area contributed by atoms with Gasteiger partial charge in [-0.15, -0.1) is 12.4 Å². The van der Waals surface area contributed by atoms with Crippen LogP contribution in [0.25, 0.3) is 0 Å². The third-order valence-corrected chi connectivity index (χ3v) is 3.46. The Kier molecular flexibility index (Phi) is 11.2. The zero-order valence-electron chi connectivity index (χ0n) is 11.7. The van der Waals surface area contributed by atoms with E-state index in [1.54, 1.807) is 7.11 Å². The van der Waals surface area contributed by atoms with Crippen molar-refractivity contribution in [1.82, 2.24) is 5.32 Å². The Balaban J connectivity index is 0.00000324. The van der Waals surface area contributed by atoms with Crippen LogP contribution < -0.4 is 11.1 Å². The molecule has 0 bridgehead atoms. The van der Waals surface area contributed by atoms with Crippen LogP contribution in [-0.4, -0.2) is 45.4 Å². The van der Waals surface area contributed by atoms with Crippen molar-refractivity contribution in [2.75, 3.05) is 33.5 Å². The van der Waals surface area contributed by atoms with Crippen molar-refractivity contribution in [3.05, 3.63) is 0 Å². The maximum Gasteiger partial charge on any atom is 0.222 e. The Labute approximate surface area is 122 Å². The standard InChI is InChI=1S/C13H26N2O3.ClH/c1-17-8-9-18-7-6-13(16)15-12-5-3-2-4-11(12)10-14;/h11-12H,2-10,14H2,1H3,(H,15,16);1H. The third-order valence-electron chi connectivity index (χ3n) is 3.46. The number of amides is 1. The Morgan fingerprint density at radius 3 is 2.68 bits per heavy atom. The lowest BCUT2D eigenvalue weighted by Gasteiger charge is -2.31. The third kappa shape index (κ3) is 7.72. The molecule has 0 radical (unpaired) electrons. The van der Waals surface area contributed by atoms with Gasteiger partial charge < -0.3 is 20.5 Å². The first-order valence-corrected chi connectivity index (χ1v) is 6.84. The number of hydrogen-bond acceptors (Lipinski definition) is 4. The molecular formula is C13H27ClN2O3. The molecule has 1 rings (SSSR count). The minimum Gasteiger partial charge on any atom is -0.382 e. The van der Waals surface area contributed by atoms with E-state index in [4.69, 9.17) is 15.2 Å². The van der Waals surface area contributed by atoms with E-state index in [1.165, 1.54) is 12.8 Å². The minimum absolute atomic E-state index is 0. The predicted octanol–water partition coefficient (Wildman–Crippen LogP) is 1.09. The van der Waals surface area contributed by atoms with Crippen LogP contribution in [0.5, 0.6) is 0 Å². The van der Waals surface area contributed by atoms with Gasteiger partial charge in [-0.2, -0.15) is 0 Å². The van der Waals surface area contributed by atoms with Gasteiger partial charge in [-0.25, -0.2) is 0 Å². The quantitative estimate of drug-likeness (QED) is 0.657. The summed E-state index contributed by atoms with van der Waals surface area (Å²) in [5.74, 6) is 0.509. The van der Waals surface area contributed by atoms with Crippen LogP contribution >= 0.6 is 12.4 Å². The van der Waals surface area contributed by atoms with Crippen molar-refractivity contribution in [2.45, 2.75) is 38.1 Å². The Morgan fingerprint density at radius 2 is 2.00 bits per heavy atom. The lowest BCUT2D eigenvalue weighted by atomic mass is 9.84. The lowest BCUT2D eigenvalue weighted by molar-refractivity contribution is -0.123. The molecule has 5 nitrogen and oxygen atoms in total. The summed E-state index contributed by atoms with van der Waals surface area (Å²) < 4.78 is 10.1. The lowest BCUT2D eigenvalue weighted by Crippen LogP contribution is -2.44. The van der Waals surface area contributed by atoms with Gasteiger partial charge >= 0.3 is 0 Å². The molecule has 3 N–H and O–H groups in total. The summed E-state index contributed by atoms with van der Waals surface area (Å²) in [5, 5.41) is 3.08. The first-order valence-electron chi connectivity index (χ1n) is 6.84. The SMILES string of the molecule is COCCOCCC(=O)NC1CCCCC1CN.Cl. The van der Waals surface area contributed by atoms with E-state index in [9.17, 15) is 4.79 Å². The molecule has 1 fully saturated rings. The average molecular weight is 295 g/mol. The number of hydrogen-bond donors (Lipinski definition) is 2. The fourth-order valence-electron chi connectivity index (χ4n) is 2.37. The zero-order valence-corrected chi connectivity index (χ0v) is 12.5. The maximum absolute atomic E-state index is 11.7. The predicted molar refractivity (Wildman–Crippen MR) is 77.5 cm³/mol. The van der Waals surface area contributed by atoms with Crippen molar-refractivity contribution < 1.29 is 14.3 Å². The number of carbonyl (C=O) groups is 1. The second kappa shape index (κ2) is 11.5. The number of rotatable bonds is 8. The van der Waals surface area contributed by atoms with Gasteiger partial charge in [0, 0.05) is 19.6 Å². The molecule has 0 aromatic carbocycles. The summed E-state index contributed by atoms with van der Waals surface area (Å²) in [5.41, 5.74) is 5.73. The molecule has 0 saturated heterocycles. The van der Waals surface area contributed by atoms with Gasteiger partial charge in [0.2, 0.25) is 5.91 Å². The van der Waals surface area contributed by atoms with Crippen molar-refractivity contribution in [2.24, 2.45) is 11.7 Å². The molecule has 2 unspecified atom stereocenters. The number of carbonyl (C=O) groups excluding carboxylic acids is 1. The fraction of sp³-hybridized carbons (Fsp3) is 0.923. The van der Waals surface area contributed by atoms with Gasteiger partial charge in [0.15, 0.2) is 0 Å². The number of nitrogens with two attached hydrogens (primary N) is 1. The molecule has 1 aliphatic carbocycles. The van der Waals surface area contributed by atoms with Crippen LogP contribution in [0.15, 0.2) is 0 Å². The molecule has 0 heterocycles. The molecule has 0 aromatic rings. The highest BCUT2D eigenvalue weighted by molar-refractivity contribution is 5.85. The first kappa shape index (κ1) is 18.6. The van der Waals surface area contributed by atoms with E-state index in [2.05, 4.69) is 5.32 Å². The van der Waals surface area contributed by atoms with Crippen LogP contribution in [0.1, 0.15) is 32.1 Å². The van der Waals surface area contributed by atoms with Crippen LogP contribution in [0.3, 0.4) is 0 Å².